The second kappa shape index (κ2) is 5.21. The smallest absolute Gasteiger partial charge is 0.241 e. The number of amides is 1. The Bertz CT molecular complexity index is 513. The lowest BCUT2D eigenvalue weighted by molar-refractivity contribution is -0.132. The summed E-state index contributed by atoms with van der Waals surface area (Å²) < 4.78 is 0. The van der Waals surface area contributed by atoms with E-state index in [9.17, 15) is 4.79 Å². The molecule has 4 unspecified atom stereocenters. The molecule has 0 spiro atoms. The summed E-state index contributed by atoms with van der Waals surface area (Å²) in [5, 5.41) is 3.48. The van der Waals surface area contributed by atoms with E-state index >= 15 is 0 Å². The van der Waals surface area contributed by atoms with E-state index in [4.69, 9.17) is 0 Å². The van der Waals surface area contributed by atoms with E-state index in [0.29, 0.717) is 6.04 Å². The highest BCUT2D eigenvalue weighted by Gasteiger charge is 2.43. The maximum absolute atomic E-state index is 12.6. The first-order valence-corrected chi connectivity index (χ1v) is 7.71. The Balaban J connectivity index is 1.92. The molecule has 3 heteroatoms. The predicted octanol–water partition coefficient (Wildman–Crippen LogP) is 3.00. The normalized spacial score (nSPS) is 34.0. The van der Waals surface area contributed by atoms with Crippen LogP contribution in [0.4, 0.5) is 0 Å². The third-order valence-corrected chi connectivity index (χ3v) is 4.85. The van der Waals surface area contributed by atoms with Crippen molar-refractivity contribution in [2.24, 2.45) is 5.92 Å². The van der Waals surface area contributed by atoms with Crippen LogP contribution in [0.15, 0.2) is 24.3 Å². The molecule has 0 bridgehead atoms. The van der Waals surface area contributed by atoms with Crippen LogP contribution in [0.5, 0.6) is 0 Å². The molecular formula is C17H24N2O. The summed E-state index contributed by atoms with van der Waals surface area (Å²) in [6.45, 7) is 6.39. The van der Waals surface area contributed by atoms with Crippen LogP contribution in [0.3, 0.4) is 0 Å². The number of nitrogens with one attached hydrogen (secondary N) is 1. The minimum atomic E-state index is -0.0736. The van der Waals surface area contributed by atoms with E-state index in [-0.39, 0.29) is 18.1 Å². The van der Waals surface area contributed by atoms with Gasteiger partial charge >= 0.3 is 0 Å². The van der Waals surface area contributed by atoms with Gasteiger partial charge in [0.15, 0.2) is 0 Å². The Morgan fingerprint density at radius 1 is 1.20 bits per heavy atom. The quantitative estimate of drug-likeness (QED) is 0.897. The van der Waals surface area contributed by atoms with Crippen LogP contribution in [-0.4, -0.2) is 22.9 Å². The maximum atomic E-state index is 12.6. The van der Waals surface area contributed by atoms with E-state index in [0.717, 1.165) is 18.8 Å². The zero-order valence-electron chi connectivity index (χ0n) is 12.6. The van der Waals surface area contributed by atoms with Gasteiger partial charge in [-0.05, 0) is 50.2 Å². The summed E-state index contributed by atoms with van der Waals surface area (Å²) in [6, 6.07) is 8.72. The van der Waals surface area contributed by atoms with Gasteiger partial charge in [0.05, 0.1) is 6.04 Å². The van der Waals surface area contributed by atoms with Crippen LogP contribution in [0, 0.1) is 12.8 Å². The van der Waals surface area contributed by atoms with E-state index in [1.165, 1.54) is 17.5 Å². The molecule has 1 heterocycles. The highest BCUT2D eigenvalue weighted by molar-refractivity contribution is 5.84. The van der Waals surface area contributed by atoms with Gasteiger partial charge in [-0.25, -0.2) is 0 Å². The highest BCUT2D eigenvalue weighted by atomic mass is 16.2. The van der Waals surface area contributed by atoms with Gasteiger partial charge in [-0.3, -0.25) is 10.1 Å². The molecule has 1 aliphatic heterocycles. The van der Waals surface area contributed by atoms with Crippen molar-refractivity contribution >= 4 is 5.91 Å². The first-order valence-electron chi connectivity index (χ1n) is 7.71. The summed E-state index contributed by atoms with van der Waals surface area (Å²) in [5.41, 5.74) is 2.49. The van der Waals surface area contributed by atoms with Gasteiger partial charge in [0.2, 0.25) is 5.91 Å². The lowest BCUT2D eigenvalue weighted by Crippen LogP contribution is -2.38. The summed E-state index contributed by atoms with van der Waals surface area (Å²) in [6.07, 6.45) is 3.57. The third kappa shape index (κ3) is 2.24. The van der Waals surface area contributed by atoms with E-state index in [2.05, 4.69) is 48.3 Å². The van der Waals surface area contributed by atoms with Crippen molar-refractivity contribution in [1.29, 1.82) is 0 Å². The maximum Gasteiger partial charge on any atom is 0.241 e. The molecular weight excluding hydrogens is 248 g/mol. The molecule has 1 amide bonds. The van der Waals surface area contributed by atoms with Crippen molar-refractivity contribution in [3.63, 3.8) is 0 Å². The number of carbonyl (C=O) groups excluding carboxylic acids is 1. The van der Waals surface area contributed by atoms with Crippen molar-refractivity contribution in [2.45, 2.75) is 58.3 Å². The fourth-order valence-electron chi connectivity index (χ4n) is 3.69. The van der Waals surface area contributed by atoms with Crippen LogP contribution < -0.4 is 5.32 Å². The molecule has 3 nitrogen and oxygen atoms in total. The highest BCUT2D eigenvalue weighted by Crippen LogP contribution is 2.37. The molecule has 2 fully saturated rings. The average Bonchev–Trinajstić information content (AvgIpc) is 2.95. The van der Waals surface area contributed by atoms with Crippen LogP contribution in [0.25, 0.3) is 0 Å². The number of nitrogens with zero attached hydrogens (tertiary/aromatic N) is 1. The second-order valence-corrected chi connectivity index (χ2v) is 6.47. The molecule has 1 aromatic rings. The second-order valence-electron chi connectivity index (χ2n) is 6.47. The molecule has 108 valence electrons. The number of hydrogen-bond donors (Lipinski definition) is 1. The van der Waals surface area contributed by atoms with Crippen LogP contribution in [0.2, 0.25) is 0 Å². The molecule has 1 aliphatic carbocycles. The first kappa shape index (κ1) is 13.6. The van der Waals surface area contributed by atoms with Crippen molar-refractivity contribution in [3.05, 3.63) is 35.4 Å². The molecule has 3 rings (SSSR count). The molecule has 20 heavy (non-hydrogen) atoms. The topological polar surface area (TPSA) is 32.3 Å². The van der Waals surface area contributed by atoms with Gasteiger partial charge in [-0.15, -0.1) is 0 Å². The van der Waals surface area contributed by atoms with Gasteiger partial charge in [-0.2, -0.15) is 0 Å². The minimum Gasteiger partial charge on any atom is -0.319 e. The van der Waals surface area contributed by atoms with Gasteiger partial charge in [0, 0.05) is 6.04 Å². The predicted molar refractivity (Wildman–Crippen MR) is 80.2 cm³/mol. The number of hydrogen-bond acceptors (Lipinski definition) is 2. The van der Waals surface area contributed by atoms with Crippen LogP contribution in [-0.2, 0) is 4.79 Å². The molecule has 2 aliphatic rings. The Kier molecular flexibility index (Phi) is 3.55. The van der Waals surface area contributed by atoms with E-state index < -0.39 is 0 Å². The van der Waals surface area contributed by atoms with Gasteiger partial charge < -0.3 is 4.90 Å². The number of carbonyl (C=O) groups is 1. The van der Waals surface area contributed by atoms with E-state index in [1.54, 1.807) is 0 Å². The molecule has 1 saturated heterocycles. The number of aryl methyl sites for hydroxylation is 1. The molecule has 4 atom stereocenters. The summed E-state index contributed by atoms with van der Waals surface area (Å²) in [4.78, 5) is 14.7. The fourth-order valence-corrected chi connectivity index (χ4v) is 3.69. The average molecular weight is 272 g/mol. The SMILES string of the molecule is Cc1ccccc1C1NC(C)C(=O)N1C1CCC(C)C1. The zero-order chi connectivity index (χ0) is 14.3. The van der Waals surface area contributed by atoms with Gasteiger partial charge in [-0.1, -0.05) is 31.2 Å². The van der Waals surface area contributed by atoms with Crippen LogP contribution >= 0.6 is 0 Å². The molecule has 1 N–H and O–H groups in total. The number of rotatable bonds is 2. The molecule has 1 aromatic carbocycles. The number of benzene rings is 1. The largest absolute Gasteiger partial charge is 0.319 e. The van der Waals surface area contributed by atoms with Crippen molar-refractivity contribution in [2.75, 3.05) is 0 Å². The van der Waals surface area contributed by atoms with Crippen molar-refractivity contribution in [1.82, 2.24) is 10.2 Å². The van der Waals surface area contributed by atoms with Crippen molar-refractivity contribution < 1.29 is 4.79 Å². The standard InChI is InChI=1S/C17H24N2O/c1-11-8-9-14(10-11)19-16(18-13(3)17(19)20)15-7-5-4-6-12(15)2/h4-7,11,13-14,16,18H,8-10H2,1-3H3. The lowest BCUT2D eigenvalue weighted by Gasteiger charge is -2.31. The van der Waals surface area contributed by atoms with Gasteiger partial charge in [0.25, 0.3) is 0 Å². The van der Waals surface area contributed by atoms with Crippen molar-refractivity contribution in [3.8, 4) is 0 Å². The van der Waals surface area contributed by atoms with Crippen LogP contribution in [0.1, 0.15) is 50.4 Å². The minimum absolute atomic E-state index is 0.0500. The molecule has 0 aromatic heterocycles. The van der Waals surface area contributed by atoms with E-state index in [1.807, 2.05) is 6.92 Å². The van der Waals surface area contributed by atoms with Gasteiger partial charge in [0.1, 0.15) is 6.17 Å². The third-order valence-electron chi connectivity index (χ3n) is 4.85. The Morgan fingerprint density at radius 2 is 1.95 bits per heavy atom. The Morgan fingerprint density at radius 3 is 2.60 bits per heavy atom. The first-order chi connectivity index (χ1) is 9.58. The Labute approximate surface area is 121 Å². The summed E-state index contributed by atoms with van der Waals surface area (Å²) in [7, 11) is 0. The lowest BCUT2D eigenvalue weighted by atomic mass is 10.0. The summed E-state index contributed by atoms with van der Waals surface area (Å²) in [5.74, 6) is 0.999. The molecule has 1 saturated carbocycles. The zero-order valence-corrected chi connectivity index (χ0v) is 12.6. The molecule has 0 radical (unpaired) electrons. The summed E-state index contributed by atoms with van der Waals surface area (Å²) >= 11 is 0. The monoisotopic (exact) mass is 272 g/mol. The fraction of sp³-hybridized carbons (Fsp3) is 0.588. The Hall–Kier alpha value is -1.35.